The van der Waals surface area contributed by atoms with Gasteiger partial charge in [-0.05, 0) is 11.6 Å². The van der Waals surface area contributed by atoms with E-state index in [4.69, 9.17) is 10.5 Å². The number of hydrogen-bond acceptors (Lipinski definition) is 4. The molecule has 0 aliphatic carbocycles. The van der Waals surface area contributed by atoms with E-state index in [1.807, 2.05) is 6.07 Å². The van der Waals surface area contributed by atoms with Crippen molar-refractivity contribution in [3.63, 3.8) is 0 Å². The summed E-state index contributed by atoms with van der Waals surface area (Å²) in [5.74, 6) is -0.621. The van der Waals surface area contributed by atoms with Crippen LogP contribution in [0, 0.1) is 11.3 Å². The first kappa shape index (κ1) is 11.5. The highest BCUT2D eigenvalue weighted by molar-refractivity contribution is 6.06. The van der Waals surface area contributed by atoms with Crippen LogP contribution in [-0.2, 0) is 4.79 Å². The Morgan fingerprint density at radius 3 is 2.69 bits per heavy atom. The normalized spacial score (nSPS) is 11.1. The minimum Gasteiger partial charge on any atom is -0.410 e. The highest BCUT2D eigenvalue weighted by Gasteiger charge is 2.06. The van der Waals surface area contributed by atoms with Crippen LogP contribution in [0.3, 0.4) is 0 Å². The number of oxime groups is 1. The summed E-state index contributed by atoms with van der Waals surface area (Å²) in [5, 5.41) is 21.6. The van der Waals surface area contributed by atoms with E-state index in [0.29, 0.717) is 0 Å². The van der Waals surface area contributed by atoms with Crippen LogP contribution in [0.1, 0.15) is 5.56 Å². The lowest BCUT2D eigenvalue weighted by Crippen LogP contribution is -2.22. The number of nitriles is 1. The van der Waals surface area contributed by atoms with Crippen LogP contribution >= 0.6 is 0 Å². The predicted octanol–water partition coefficient (Wildman–Crippen LogP) is 1.13. The van der Waals surface area contributed by atoms with Crippen LogP contribution in [0.15, 0.2) is 41.1 Å². The molecule has 1 aromatic rings. The molecule has 0 saturated heterocycles. The van der Waals surface area contributed by atoms with E-state index < -0.39 is 5.91 Å². The van der Waals surface area contributed by atoms with E-state index in [0.717, 1.165) is 11.9 Å². The van der Waals surface area contributed by atoms with Crippen LogP contribution < -0.4 is 5.32 Å². The summed E-state index contributed by atoms with van der Waals surface area (Å²) in [6.45, 7) is 0. The van der Waals surface area contributed by atoms with E-state index in [2.05, 4.69) is 10.5 Å². The third kappa shape index (κ3) is 3.27. The van der Waals surface area contributed by atoms with Gasteiger partial charge in [0.25, 0.3) is 5.91 Å². The van der Waals surface area contributed by atoms with Gasteiger partial charge >= 0.3 is 0 Å². The SMILES string of the molecule is N#CC(=Cc1ccccc1)C(=O)N/C=N/O. The Bertz CT molecular complexity index is 458. The number of nitrogens with one attached hydrogen (secondary N) is 1. The molecule has 0 heterocycles. The summed E-state index contributed by atoms with van der Waals surface area (Å²) in [5.41, 5.74) is 0.682. The van der Waals surface area contributed by atoms with E-state index in [-0.39, 0.29) is 5.57 Å². The third-order valence-corrected chi connectivity index (χ3v) is 1.73. The molecule has 0 unspecified atom stereocenters. The van der Waals surface area contributed by atoms with Crippen molar-refractivity contribution in [2.45, 2.75) is 0 Å². The topological polar surface area (TPSA) is 85.5 Å². The second-order valence-corrected chi connectivity index (χ2v) is 2.80. The molecule has 1 rings (SSSR count). The first-order valence-corrected chi connectivity index (χ1v) is 4.41. The lowest BCUT2D eigenvalue weighted by Gasteiger charge is -1.97. The van der Waals surface area contributed by atoms with Gasteiger partial charge in [0.15, 0.2) is 0 Å². The molecule has 0 aliphatic heterocycles. The maximum Gasteiger partial charge on any atom is 0.267 e. The van der Waals surface area contributed by atoms with Gasteiger partial charge in [-0.1, -0.05) is 35.5 Å². The lowest BCUT2D eigenvalue weighted by atomic mass is 10.1. The van der Waals surface area contributed by atoms with E-state index >= 15 is 0 Å². The van der Waals surface area contributed by atoms with Gasteiger partial charge in [-0.25, -0.2) is 0 Å². The largest absolute Gasteiger partial charge is 0.410 e. The molecular formula is C11H9N3O2. The zero-order valence-electron chi connectivity index (χ0n) is 8.29. The summed E-state index contributed by atoms with van der Waals surface area (Å²) in [6.07, 6.45) is 2.25. The highest BCUT2D eigenvalue weighted by Crippen LogP contribution is 2.05. The molecule has 5 heteroatoms. The quantitative estimate of drug-likeness (QED) is 0.198. The zero-order chi connectivity index (χ0) is 11.8. The van der Waals surface area contributed by atoms with Crippen LogP contribution in [0.4, 0.5) is 0 Å². The average Bonchev–Trinajstić information content (AvgIpc) is 2.34. The Morgan fingerprint density at radius 1 is 1.44 bits per heavy atom. The standard InChI is InChI=1S/C11H9N3O2/c12-7-10(11(15)13-8-14-16)6-9-4-2-1-3-5-9/h1-6,8,16H,(H,13,14,15). The van der Waals surface area contributed by atoms with Crippen molar-refractivity contribution >= 4 is 18.3 Å². The van der Waals surface area contributed by atoms with Crippen molar-refractivity contribution in [2.75, 3.05) is 0 Å². The molecule has 1 amide bonds. The first-order valence-electron chi connectivity index (χ1n) is 4.41. The van der Waals surface area contributed by atoms with Gasteiger partial charge in [-0.2, -0.15) is 5.26 Å². The number of benzene rings is 1. The van der Waals surface area contributed by atoms with E-state index in [1.165, 1.54) is 6.08 Å². The summed E-state index contributed by atoms with van der Waals surface area (Å²) >= 11 is 0. The minimum atomic E-state index is -0.621. The van der Waals surface area contributed by atoms with Crippen LogP contribution in [0.5, 0.6) is 0 Å². The van der Waals surface area contributed by atoms with Crippen molar-refractivity contribution in [3.8, 4) is 6.07 Å². The molecule has 0 spiro atoms. The predicted molar refractivity (Wildman–Crippen MR) is 58.5 cm³/mol. The Kier molecular flexibility index (Phi) is 4.29. The average molecular weight is 215 g/mol. The number of nitrogens with zero attached hydrogens (tertiary/aromatic N) is 2. The summed E-state index contributed by atoms with van der Waals surface area (Å²) < 4.78 is 0. The van der Waals surface area contributed by atoms with Crippen molar-refractivity contribution in [1.29, 1.82) is 5.26 Å². The van der Waals surface area contributed by atoms with Crippen molar-refractivity contribution < 1.29 is 10.0 Å². The molecule has 0 atom stereocenters. The summed E-state index contributed by atoms with van der Waals surface area (Å²) in [4.78, 5) is 11.3. The molecule has 5 nitrogen and oxygen atoms in total. The number of rotatable bonds is 3. The van der Waals surface area contributed by atoms with E-state index in [1.54, 1.807) is 30.3 Å². The fourth-order valence-electron chi connectivity index (χ4n) is 1.03. The Balaban J connectivity index is 2.87. The van der Waals surface area contributed by atoms with E-state index in [9.17, 15) is 4.79 Å². The molecule has 0 saturated carbocycles. The minimum absolute atomic E-state index is 0.0638. The smallest absolute Gasteiger partial charge is 0.267 e. The molecular weight excluding hydrogens is 206 g/mol. The van der Waals surface area contributed by atoms with Gasteiger partial charge in [0, 0.05) is 0 Å². The molecule has 0 radical (unpaired) electrons. The lowest BCUT2D eigenvalue weighted by molar-refractivity contribution is -0.115. The molecule has 1 aromatic carbocycles. The van der Waals surface area contributed by atoms with Gasteiger partial charge in [0.1, 0.15) is 18.0 Å². The molecule has 0 bridgehead atoms. The molecule has 0 aliphatic rings. The van der Waals surface area contributed by atoms with Gasteiger partial charge in [0.05, 0.1) is 0 Å². The van der Waals surface area contributed by atoms with Crippen molar-refractivity contribution in [1.82, 2.24) is 5.32 Å². The summed E-state index contributed by atoms with van der Waals surface area (Å²) in [7, 11) is 0. The second-order valence-electron chi connectivity index (χ2n) is 2.80. The summed E-state index contributed by atoms with van der Waals surface area (Å²) in [6, 6.07) is 10.7. The Morgan fingerprint density at radius 2 is 2.12 bits per heavy atom. The van der Waals surface area contributed by atoms with Crippen molar-refractivity contribution in [2.24, 2.45) is 5.16 Å². The van der Waals surface area contributed by atoms with Crippen LogP contribution in [0.25, 0.3) is 6.08 Å². The van der Waals surface area contributed by atoms with Gasteiger partial charge in [-0.3, -0.25) is 4.79 Å². The molecule has 0 fully saturated rings. The molecule has 2 N–H and O–H groups in total. The van der Waals surface area contributed by atoms with Crippen molar-refractivity contribution in [3.05, 3.63) is 41.5 Å². The molecule has 0 aromatic heterocycles. The number of hydrogen-bond donors (Lipinski definition) is 2. The van der Waals surface area contributed by atoms with Gasteiger partial charge in [-0.15, -0.1) is 0 Å². The van der Waals surface area contributed by atoms with Gasteiger partial charge < -0.3 is 10.5 Å². The Labute approximate surface area is 92.3 Å². The maximum atomic E-state index is 11.3. The fraction of sp³-hybridized carbons (Fsp3) is 0. The highest BCUT2D eigenvalue weighted by atomic mass is 16.4. The van der Waals surface area contributed by atoms with Crippen LogP contribution in [0.2, 0.25) is 0 Å². The maximum absolute atomic E-state index is 11.3. The molecule has 80 valence electrons. The zero-order valence-corrected chi connectivity index (χ0v) is 8.29. The number of amides is 1. The number of carbonyl (C=O) groups is 1. The second kappa shape index (κ2) is 5.98. The third-order valence-electron chi connectivity index (χ3n) is 1.73. The van der Waals surface area contributed by atoms with Crippen LogP contribution in [-0.4, -0.2) is 17.5 Å². The Hall–Kier alpha value is -2.61. The fourth-order valence-corrected chi connectivity index (χ4v) is 1.03. The van der Waals surface area contributed by atoms with Gasteiger partial charge in [0.2, 0.25) is 0 Å². The monoisotopic (exact) mass is 215 g/mol. The molecule has 16 heavy (non-hydrogen) atoms. The number of carbonyl (C=O) groups excluding carboxylic acids is 1. The first-order chi connectivity index (χ1) is 7.77.